The van der Waals surface area contributed by atoms with E-state index in [1.54, 1.807) is 11.3 Å². The molecule has 0 unspecified atom stereocenters. The molecule has 0 aliphatic carbocycles. The largest absolute Gasteiger partial charge is 0.391 e. The third-order valence-electron chi connectivity index (χ3n) is 2.95. The van der Waals surface area contributed by atoms with E-state index in [-0.39, 0.29) is 12.0 Å². The van der Waals surface area contributed by atoms with Gasteiger partial charge in [-0.3, -0.25) is 0 Å². The highest BCUT2D eigenvalue weighted by molar-refractivity contribution is 7.10. The zero-order valence-corrected chi connectivity index (χ0v) is 11.6. The standard InChI is InChI=1S/C15H19NOS/c1-16(2)11-13(17)15(14-9-6-10-18-14)12-7-4-3-5-8-12/h3-10,13,15,17H,11H2,1-2H3/t13-,15-/m0/s1. The van der Waals surface area contributed by atoms with Crippen molar-refractivity contribution in [2.24, 2.45) is 0 Å². The van der Waals surface area contributed by atoms with Crippen LogP contribution in [0.15, 0.2) is 47.8 Å². The van der Waals surface area contributed by atoms with Crippen molar-refractivity contribution in [3.63, 3.8) is 0 Å². The van der Waals surface area contributed by atoms with E-state index in [4.69, 9.17) is 0 Å². The lowest BCUT2D eigenvalue weighted by atomic mass is 9.91. The summed E-state index contributed by atoms with van der Waals surface area (Å²) < 4.78 is 0. The molecule has 2 nitrogen and oxygen atoms in total. The Morgan fingerprint density at radius 2 is 1.83 bits per heavy atom. The highest BCUT2D eigenvalue weighted by Gasteiger charge is 2.24. The van der Waals surface area contributed by atoms with Crippen LogP contribution < -0.4 is 0 Å². The summed E-state index contributed by atoms with van der Waals surface area (Å²) in [6.07, 6.45) is -0.388. The van der Waals surface area contributed by atoms with E-state index in [0.29, 0.717) is 6.54 Å². The average Bonchev–Trinajstić information content (AvgIpc) is 2.83. The van der Waals surface area contributed by atoms with Crippen molar-refractivity contribution in [1.29, 1.82) is 0 Å². The summed E-state index contributed by atoms with van der Waals surface area (Å²) in [5.74, 6) is 0.0635. The fourth-order valence-corrected chi connectivity index (χ4v) is 3.10. The monoisotopic (exact) mass is 261 g/mol. The van der Waals surface area contributed by atoms with Crippen LogP contribution in [0.3, 0.4) is 0 Å². The van der Waals surface area contributed by atoms with Gasteiger partial charge < -0.3 is 10.0 Å². The minimum atomic E-state index is -0.388. The first-order chi connectivity index (χ1) is 8.68. The van der Waals surface area contributed by atoms with E-state index < -0.39 is 0 Å². The van der Waals surface area contributed by atoms with Gasteiger partial charge in [-0.1, -0.05) is 36.4 Å². The average molecular weight is 261 g/mol. The number of thiophene rings is 1. The summed E-state index contributed by atoms with van der Waals surface area (Å²) >= 11 is 1.70. The highest BCUT2D eigenvalue weighted by atomic mass is 32.1. The van der Waals surface area contributed by atoms with Crippen LogP contribution in [0, 0.1) is 0 Å². The molecule has 0 amide bonds. The number of hydrogen-bond acceptors (Lipinski definition) is 3. The summed E-state index contributed by atoms with van der Waals surface area (Å²) in [4.78, 5) is 3.24. The third-order valence-corrected chi connectivity index (χ3v) is 3.90. The zero-order valence-electron chi connectivity index (χ0n) is 10.8. The number of aliphatic hydroxyl groups excluding tert-OH is 1. The number of hydrogen-bond donors (Lipinski definition) is 1. The van der Waals surface area contributed by atoms with Crippen LogP contribution in [0.2, 0.25) is 0 Å². The Morgan fingerprint density at radius 3 is 2.39 bits per heavy atom. The highest BCUT2D eigenvalue weighted by Crippen LogP contribution is 2.31. The Morgan fingerprint density at radius 1 is 1.11 bits per heavy atom. The summed E-state index contributed by atoms with van der Waals surface area (Å²) in [6, 6.07) is 14.4. The minimum Gasteiger partial charge on any atom is -0.391 e. The van der Waals surface area contributed by atoms with Crippen molar-refractivity contribution in [1.82, 2.24) is 4.90 Å². The van der Waals surface area contributed by atoms with Gasteiger partial charge >= 0.3 is 0 Å². The van der Waals surface area contributed by atoms with Gasteiger partial charge in [0.15, 0.2) is 0 Å². The molecule has 1 heterocycles. The van der Waals surface area contributed by atoms with E-state index in [9.17, 15) is 5.11 Å². The summed E-state index contributed by atoms with van der Waals surface area (Å²) in [6.45, 7) is 0.664. The van der Waals surface area contributed by atoms with Gasteiger partial charge in [-0.15, -0.1) is 11.3 Å². The molecule has 0 bridgehead atoms. The fourth-order valence-electron chi connectivity index (χ4n) is 2.18. The van der Waals surface area contributed by atoms with E-state index >= 15 is 0 Å². The molecule has 1 N–H and O–H groups in total. The number of benzene rings is 1. The molecule has 96 valence electrons. The molecule has 0 saturated carbocycles. The van der Waals surface area contributed by atoms with Crippen molar-refractivity contribution in [2.45, 2.75) is 12.0 Å². The van der Waals surface area contributed by atoms with Crippen LogP contribution >= 0.6 is 11.3 Å². The first-order valence-corrected chi connectivity index (χ1v) is 6.97. The number of likely N-dealkylation sites (N-methyl/N-ethyl adjacent to an activating group) is 1. The van der Waals surface area contributed by atoms with E-state index in [1.165, 1.54) is 10.4 Å². The Hall–Kier alpha value is -1.16. The molecule has 0 radical (unpaired) electrons. The Labute approximate surface area is 113 Å². The summed E-state index contributed by atoms with van der Waals surface area (Å²) in [7, 11) is 3.97. The lowest BCUT2D eigenvalue weighted by molar-refractivity contribution is 0.122. The van der Waals surface area contributed by atoms with Crippen molar-refractivity contribution in [3.05, 3.63) is 58.3 Å². The zero-order chi connectivity index (χ0) is 13.0. The normalized spacial score (nSPS) is 14.7. The lowest BCUT2D eigenvalue weighted by Crippen LogP contribution is -2.31. The SMILES string of the molecule is CN(C)C[C@H](O)[C@H](c1ccccc1)c1cccs1. The third kappa shape index (κ3) is 3.19. The maximum absolute atomic E-state index is 10.5. The molecular weight excluding hydrogens is 242 g/mol. The lowest BCUT2D eigenvalue weighted by Gasteiger charge is -2.25. The van der Waals surface area contributed by atoms with Gasteiger partial charge in [0.05, 0.1) is 6.10 Å². The molecule has 1 aromatic heterocycles. The van der Waals surface area contributed by atoms with Gasteiger partial charge in [-0.25, -0.2) is 0 Å². The Bertz CT molecular complexity index is 453. The molecule has 2 rings (SSSR count). The molecular formula is C15H19NOS. The minimum absolute atomic E-state index is 0.0635. The molecule has 0 spiro atoms. The maximum atomic E-state index is 10.5. The maximum Gasteiger partial charge on any atom is 0.0783 e. The smallest absolute Gasteiger partial charge is 0.0783 e. The van der Waals surface area contributed by atoms with E-state index in [2.05, 4.69) is 23.6 Å². The van der Waals surface area contributed by atoms with Crippen molar-refractivity contribution >= 4 is 11.3 Å². The Balaban J connectivity index is 2.29. The fraction of sp³-hybridized carbons (Fsp3) is 0.333. The van der Waals surface area contributed by atoms with Crippen molar-refractivity contribution in [2.75, 3.05) is 20.6 Å². The van der Waals surface area contributed by atoms with Crippen LogP contribution in [0.25, 0.3) is 0 Å². The molecule has 1 aromatic carbocycles. The van der Waals surface area contributed by atoms with E-state index in [0.717, 1.165) is 0 Å². The van der Waals surface area contributed by atoms with Gasteiger partial charge in [0.25, 0.3) is 0 Å². The van der Waals surface area contributed by atoms with Crippen LogP contribution in [0.1, 0.15) is 16.4 Å². The van der Waals surface area contributed by atoms with Gasteiger partial charge in [0.1, 0.15) is 0 Å². The number of rotatable bonds is 5. The van der Waals surface area contributed by atoms with Crippen LogP contribution in [0.5, 0.6) is 0 Å². The van der Waals surface area contributed by atoms with Gasteiger partial charge in [0, 0.05) is 17.3 Å². The molecule has 3 heteroatoms. The molecule has 0 aliphatic heterocycles. The van der Waals surface area contributed by atoms with Gasteiger partial charge in [-0.2, -0.15) is 0 Å². The van der Waals surface area contributed by atoms with Crippen LogP contribution in [-0.2, 0) is 0 Å². The predicted octanol–water partition coefficient (Wildman–Crippen LogP) is 2.80. The molecule has 2 aromatic rings. The summed E-state index contributed by atoms with van der Waals surface area (Å²) in [5.41, 5.74) is 1.18. The molecule has 0 aliphatic rings. The Kier molecular flexibility index (Phi) is 4.53. The van der Waals surface area contributed by atoms with Crippen molar-refractivity contribution < 1.29 is 5.11 Å². The first kappa shape index (κ1) is 13.3. The molecule has 0 saturated heterocycles. The van der Waals surface area contributed by atoms with Gasteiger partial charge in [0.2, 0.25) is 0 Å². The number of aliphatic hydroxyl groups is 1. The molecule has 18 heavy (non-hydrogen) atoms. The second-order valence-corrected chi connectivity index (χ2v) is 5.71. The molecule has 2 atom stereocenters. The summed E-state index contributed by atoms with van der Waals surface area (Å²) in [5, 5.41) is 12.5. The molecule has 0 fully saturated rings. The quantitative estimate of drug-likeness (QED) is 0.894. The number of nitrogens with zero attached hydrogens (tertiary/aromatic N) is 1. The van der Waals surface area contributed by atoms with Crippen LogP contribution in [-0.4, -0.2) is 36.8 Å². The second kappa shape index (κ2) is 6.14. The van der Waals surface area contributed by atoms with Crippen LogP contribution in [0.4, 0.5) is 0 Å². The first-order valence-electron chi connectivity index (χ1n) is 6.09. The van der Waals surface area contributed by atoms with Crippen molar-refractivity contribution in [3.8, 4) is 0 Å². The van der Waals surface area contributed by atoms with E-state index in [1.807, 2.05) is 43.3 Å². The van der Waals surface area contributed by atoms with Gasteiger partial charge in [-0.05, 0) is 31.1 Å². The predicted molar refractivity (Wildman–Crippen MR) is 77.2 cm³/mol. The second-order valence-electron chi connectivity index (χ2n) is 4.73. The topological polar surface area (TPSA) is 23.5 Å².